The first-order valence-corrected chi connectivity index (χ1v) is 14.9. The van der Waals surface area contributed by atoms with Gasteiger partial charge in [-0.1, -0.05) is 18.2 Å². The number of likely N-dealkylation sites (N-methyl/N-ethyl adjacent to an activating group) is 1. The molecule has 0 unspecified atom stereocenters. The van der Waals surface area contributed by atoms with Gasteiger partial charge in [0, 0.05) is 30.2 Å². The number of fused-ring (bicyclic) bond motifs is 1. The van der Waals surface area contributed by atoms with Gasteiger partial charge in [-0.05, 0) is 86.6 Å². The van der Waals surface area contributed by atoms with Gasteiger partial charge in [-0.25, -0.2) is 8.42 Å². The Bertz CT molecular complexity index is 1570. The Balaban J connectivity index is 1.66. The molecule has 39 heavy (non-hydrogen) atoms. The van der Waals surface area contributed by atoms with Crippen molar-refractivity contribution in [2.45, 2.75) is 38.4 Å². The molecule has 3 heterocycles. The molecule has 2 aliphatic rings. The van der Waals surface area contributed by atoms with Gasteiger partial charge in [0.25, 0.3) is 0 Å². The first kappa shape index (κ1) is 27.0. The molecule has 204 valence electrons. The largest absolute Gasteiger partial charge is 0.495 e. The molecule has 0 bridgehead atoms. The van der Waals surface area contributed by atoms with Gasteiger partial charge in [-0.2, -0.15) is 0 Å². The van der Waals surface area contributed by atoms with E-state index in [1.165, 1.54) is 23.9 Å². The molecule has 10 heteroatoms. The van der Waals surface area contributed by atoms with Gasteiger partial charge in [-0.3, -0.25) is 9.71 Å². The second-order valence-electron chi connectivity index (χ2n) is 10.6. The highest BCUT2D eigenvalue weighted by Crippen LogP contribution is 2.46. The molecule has 0 aliphatic carbocycles. The van der Waals surface area contributed by atoms with Gasteiger partial charge in [-0.15, -0.1) is 0 Å². The van der Waals surface area contributed by atoms with Crippen molar-refractivity contribution < 1.29 is 13.2 Å². The summed E-state index contributed by atoms with van der Waals surface area (Å²) >= 11 is 5.88. The monoisotopic (exact) mass is 563 g/mol. The SMILES string of the molecule is COc1ccc(N2C(=S)N[C@@H](c3ccccn3)[C@H]2c2ccc3c(c2)C(C)=CC(C)(C)N3C)cc1NS(C)(=O)=O. The van der Waals surface area contributed by atoms with Crippen LogP contribution in [0.15, 0.2) is 66.9 Å². The summed E-state index contributed by atoms with van der Waals surface area (Å²) < 4.78 is 32.2. The number of benzene rings is 2. The lowest BCUT2D eigenvalue weighted by Gasteiger charge is -2.41. The van der Waals surface area contributed by atoms with Crippen molar-refractivity contribution in [3.05, 3.63) is 83.7 Å². The summed E-state index contributed by atoms with van der Waals surface area (Å²) in [4.78, 5) is 8.96. The third-order valence-electron chi connectivity index (χ3n) is 7.44. The fourth-order valence-corrected chi connectivity index (χ4v) is 6.36. The fourth-order valence-electron chi connectivity index (χ4n) is 5.46. The van der Waals surface area contributed by atoms with Crippen molar-refractivity contribution in [3.8, 4) is 5.75 Å². The molecule has 0 amide bonds. The molecule has 2 aromatic carbocycles. The third-order valence-corrected chi connectivity index (χ3v) is 8.34. The number of pyridine rings is 1. The van der Waals surface area contributed by atoms with E-state index < -0.39 is 10.0 Å². The van der Waals surface area contributed by atoms with Gasteiger partial charge in [0.1, 0.15) is 5.75 Å². The normalized spacial score (nSPS) is 20.3. The molecule has 3 aromatic rings. The van der Waals surface area contributed by atoms with E-state index in [1.807, 2.05) is 29.2 Å². The van der Waals surface area contributed by atoms with E-state index in [0.29, 0.717) is 16.5 Å². The summed E-state index contributed by atoms with van der Waals surface area (Å²) in [5.41, 5.74) is 6.45. The Kier molecular flexibility index (Phi) is 6.80. The summed E-state index contributed by atoms with van der Waals surface area (Å²) in [6.45, 7) is 6.56. The second-order valence-corrected chi connectivity index (χ2v) is 12.7. The van der Waals surface area contributed by atoms with E-state index in [-0.39, 0.29) is 17.6 Å². The van der Waals surface area contributed by atoms with Crippen LogP contribution in [-0.4, -0.2) is 44.5 Å². The minimum atomic E-state index is -3.53. The maximum atomic E-state index is 12.1. The number of sulfonamides is 1. The summed E-state index contributed by atoms with van der Waals surface area (Å²) in [5, 5.41) is 4.00. The second kappa shape index (κ2) is 9.84. The predicted octanol–water partition coefficient (Wildman–Crippen LogP) is 5.27. The number of anilines is 3. The lowest BCUT2D eigenvalue weighted by Crippen LogP contribution is -2.42. The Morgan fingerprint density at radius 1 is 1.13 bits per heavy atom. The van der Waals surface area contributed by atoms with Crippen LogP contribution < -0.4 is 24.6 Å². The molecule has 0 radical (unpaired) electrons. The minimum absolute atomic E-state index is 0.0935. The zero-order valence-corrected chi connectivity index (χ0v) is 24.5. The van der Waals surface area contributed by atoms with E-state index in [4.69, 9.17) is 17.0 Å². The molecule has 2 N–H and O–H groups in total. The first-order chi connectivity index (χ1) is 18.4. The van der Waals surface area contributed by atoms with E-state index in [9.17, 15) is 8.42 Å². The standard InChI is InChI=1S/C29H33N5O3S2/c1-18-17-29(2,3)33(4)24-12-10-19(15-21(18)24)27-26(22-9-7-8-14-30-22)31-28(38)34(27)20-11-13-25(37-5)23(16-20)32-39(6,35)36/h7-17,26-27,32H,1-6H3,(H,31,38)/t26-,27+/m0/s1. The van der Waals surface area contributed by atoms with Crippen molar-refractivity contribution in [1.82, 2.24) is 10.3 Å². The number of methoxy groups -OCH3 is 1. The third kappa shape index (κ3) is 5.06. The molecule has 2 aliphatic heterocycles. The smallest absolute Gasteiger partial charge is 0.229 e. The quantitative estimate of drug-likeness (QED) is 0.393. The molecule has 5 rings (SSSR count). The van der Waals surface area contributed by atoms with Crippen LogP contribution in [0.1, 0.15) is 49.7 Å². The van der Waals surface area contributed by atoms with Crippen molar-refractivity contribution in [2.24, 2.45) is 0 Å². The highest BCUT2D eigenvalue weighted by molar-refractivity contribution is 7.92. The lowest BCUT2D eigenvalue weighted by molar-refractivity contribution is 0.417. The Morgan fingerprint density at radius 2 is 1.90 bits per heavy atom. The number of nitrogens with one attached hydrogen (secondary N) is 2. The summed E-state index contributed by atoms with van der Waals surface area (Å²) in [6.07, 6.45) is 5.18. The molecule has 0 saturated carbocycles. The molecule has 1 saturated heterocycles. The number of ether oxygens (including phenoxy) is 1. The molecule has 1 aromatic heterocycles. The average Bonchev–Trinajstić information content (AvgIpc) is 3.23. The van der Waals surface area contributed by atoms with Crippen molar-refractivity contribution in [3.63, 3.8) is 0 Å². The average molecular weight is 564 g/mol. The highest BCUT2D eigenvalue weighted by atomic mass is 32.2. The van der Waals surface area contributed by atoms with Crippen LogP contribution in [0.4, 0.5) is 17.1 Å². The number of nitrogens with zero attached hydrogens (tertiary/aromatic N) is 3. The maximum absolute atomic E-state index is 12.1. The highest BCUT2D eigenvalue weighted by Gasteiger charge is 2.41. The maximum Gasteiger partial charge on any atom is 0.229 e. The van der Waals surface area contributed by atoms with Crippen molar-refractivity contribution in [2.75, 3.05) is 34.9 Å². The first-order valence-electron chi connectivity index (χ1n) is 12.6. The molecule has 8 nitrogen and oxygen atoms in total. The Morgan fingerprint density at radius 3 is 2.56 bits per heavy atom. The number of hydrogen-bond acceptors (Lipinski definition) is 6. The molecular formula is C29H33N5O3S2. The number of hydrogen-bond donors (Lipinski definition) is 2. The molecule has 1 fully saturated rings. The summed E-state index contributed by atoms with van der Waals surface area (Å²) in [6, 6.07) is 17.3. The predicted molar refractivity (Wildman–Crippen MR) is 162 cm³/mol. The van der Waals surface area contributed by atoms with Crippen LogP contribution in [0.2, 0.25) is 0 Å². The van der Waals surface area contributed by atoms with Crippen LogP contribution in [0, 0.1) is 0 Å². The minimum Gasteiger partial charge on any atom is -0.495 e. The zero-order valence-electron chi connectivity index (χ0n) is 22.9. The van der Waals surface area contributed by atoms with Crippen molar-refractivity contribution >= 4 is 50.0 Å². The fraction of sp³-hybridized carbons (Fsp3) is 0.310. The van der Waals surface area contributed by atoms with Gasteiger partial charge in [0.2, 0.25) is 10.0 Å². The number of thiocarbonyl (C=S) groups is 1. The van der Waals surface area contributed by atoms with Gasteiger partial charge >= 0.3 is 0 Å². The topological polar surface area (TPSA) is 86.8 Å². The number of allylic oxidation sites excluding steroid dienone is 1. The van der Waals surface area contributed by atoms with Crippen LogP contribution >= 0.6 is 12.2 Å². The summed E-state index contributed by atoms with van der Waals surface area (Å²) in [7, 11) is 0.0890. The van der Waals surface area contributed by atoms with Crippen LogP contribution in [-0.2, 0) is 10.0 Å². The Hall–Kier alpha value is -3.63. The van der Waals surface area contributed by atoms with Crippen LogP contribution in [0.5, 0.6) is 5.75 Å². The van der Waals surface area contributed by atoms with Gasteiger partial charge in [0.05, 0.1) is 42.4 Å². The van der Waals surface area contributed by atoms with Crippen LogP contribution in [0.3, 0.4) is 0 Å². The van der Waals surface area contributed by atoms with Gasteiger partial charge < -0.3 is 19.9 Å². The lowest BCUT2D eigenvalue weighted by atomic mass is 9.86. The Labute approximate surface area is 235 Å². The zero-order chi connectivity index (χ0) is 28.1. The van der Waals surface area contributed by atoms with E-state index in [2.05, 4.69) is 72.0 Å². The van der Waals surface area contributed by atoms with E-state index >= 15 is 0 Å². The summed E-state index contributed by atoms with van der Waals surface area (Å²) in [5.74, 6) is 0.417. The van der Waals surface area contributed by atoms with Crippen LogP contribution in [0.25, 0.3) is 5.57 Å². The number of aromatic nitrogens is 1. The molecular weight excluding hydrogens is 530 g/mol. The van der Waals surface area contributed by atoms with Crippen molar-refractivity contribution in [1.29, 1.82) is 0 Å². The van der Waals surface area contributed by atoms with E-state index in [1.54, 1.807) is 18.3 Å². The number of rotatable bonds is 6. The molecule has 2 atom stereocenters. The molecule has 0 spiro atoms. The van der Waals surface area contributed by atoms with E-state index in [0.717, 1.165) is 23.2 Å². The van der Waals surface area contributed by atoms with Gasteiger partial charge in [0.15, 0.2) is 5.11 Å².